The second kappa shape index (κ2) is 2.22. The maximum Gasteiger partial charge on any atom is 0.100 e. The quantitative estimate of drug-likeness (QED) is 0.482. The van der Waals surface area contributed by atoms with Gasteiger partial charge in [-0.15, -0.1) is 0 Å². The van der Waals surface area contributed by atoms with Crippen molar-refractivity contribution in [2.75, 3.05) is 6.54 Å². The van der Waals surface area contributed by atoms with E-state index in [1.165, 1.54) is 19.4 Å². The molecule has 1 rings (SSSR count). The highest BCUT2D eigenvalue weighted by molar-refractivity contribution is 4.73. The summed E-state index contributed by atoms with van der Waals surface area (Å²) < 4.78 is 0. The number of rotatable bonds is 1. The molecule has 40 valence electrons. The minimum absolute atomic E-state index is 0.736. The van der Waals surface area contributed by atoms with E-state index in [9.17, 15) is 0 Å². The van der Waals surface area contributed by atoms with Gasteiger partial charge in [0.15, 0.2) is 0 Å². The fourth-order valence-electron chi connectivity index (χ4n) is 1.00. The summed E-state index contributed by atoms with van der Waals surface area (Å²) in [5, 5.41) is 3.34. The van der Waals surface area contributed by atoms with E-state index in [1.54, 1.807) is 0 Å². The molecule has 1 unspecified atom stereocenters. The summed E-state index contributed by atoms with van der Waals surface area (Å²) in [6.45, 7) is 5.01. The summed E-state index contributed by atoms with van der Waals surface area (Å²) in [7, 11) is 0. The highest BCUT2D eigenvalue weighted by Gasteiger charge is 2.12. The van der Waals surface area contributed by atoms with Crippen LogP contribution in [0.5, 0.6) is 0 Å². The summed E-state index contributed by atoms with van der Waals surface area (Å²) in [6.07, 6.45) is 3.74. The zero-order valence-electron chi connectivity index (χ0n) is 4.61. The molecule has 1 aliphatic heterocycles. The molecule has 1 nitrogen and oxygen atoms in total. The zero-order chi connectivity index (χ0) is 5.11. The second-order valence-corrected chi connectivity index (χ2v) is 2.08. The van der Waals surface area contributed by atoms with Gasteiger partial charge in [0.2, 0.25) is 0 Å². The molecule has 0 spiro atoms. The molecule has 7 heavy (non-hydrogen) atoms. The fraction of sp³-hybridized carbons (Fsp3) is 0.833. The van der Waals surface area contributed by atoms with E-state index < -0.39 is 0 Å². The molecule has 1 heterocycles. The predicted molar refractivity (Wildman–Crippen MR) is 31.0 cm³/mol. The van der Waals surface area contributed by atoms with Crippen LogP contribution in [0.2, 0.25) is 0 Å². The van der Waals surface area contributed by atoms with Crippen LogP contribution in [-0.4, -0.2) is 12.6 Å². The number of hydrogen-bond donors (Lipinski definition) is 1. The van der Waals surface area contributed by atoms with Crippen molar-refractivity contribution in [1.29, 1.82) is 0 Å². The lowest BCUT2D eigenvalue weighted by molar-refractivity contribution is 0.613. The Morgan fingerprint density at radius 3 is 2.86 bits per heavy atom. The Morgan fingerprint density at radius 2 is 2.57 bits per heavy atom. The van der Waals surface area contributed by atoms with E-state index in [-0.39, 0.29) is 0 Å². The second-order valence-electron chi connectivity index (χ2n) is 2.08. The summed E-state index contributed by atoms with van der Waals surface area (Å²) in [5.41, 5.74) is 0. The van der Waals surface area contributed by atoms with Crippen molar-refractivity contribution >= 4 is 0 Å². The molecule has 1 fully saturated rings. The maximum absolute atomic E-state index is 3.81. The fourth-order valence-corrected chi connectivity index (χ4v) is 1.00. The van der Waals surface area contributed by atoms with Gasteiger partial charge in [-0.05, 0) is 19.4 Å². The molecule has 0 aromatic rings. The third-order valence-electron chi connectivity index (χ3n) is 1.51. The van der Waals surface area contributed by atoms with Crippen molar-refractivity contribution < 1.29 is 0 Å². The Kier molecular flexibility index (Phi) is 1.58. The lowest BCUT2D eigenvalue weighted by atomic mass is 10.2. The summed E-state index contributed by atoms with van der Waals surface area (Å²) in [5.74, 6) is 0. The molecule has 0 radical (unpaired) electrons. The SMILES string of the molecule is [CH2+]CC1CCCN1. The third kappa shape index (κ3) is 1.10. The molecule has 1 saturated heterocycles. The van der Waals surface area contributed by atoms with E-state index in [2.05, 4.69) is 12.2 Å². The Hall–Kier alpha value is -0.170. The van der Waals surface area contributed by atoms with Crippen LogP contribution in [0.15, 0.2) is 0 Å². The molecular formula is C6H12N+. The van der Waals surface area contributed by atoms with Crippen LogP contribution in [0.4, 0.5) is 0 Å². The Labute approximate surface area is 45.1 Å². The molecule has 0 amide bonds. The zero-order valence-corrected chi connectivity index (χ0v) is 4.61. The first-order chi connectivity index (χ1) is 3.43. The molecule has 1 heteroatoms. The monoisotopic (exact) mass is 98.1 g/mol. The lowest BCUT2D eigenvalue weighted by Crippen LogP contribution is -2.19. The van der Waals surface area contributed by atoms with E-state index in [0.29, 0.717) is 0 Å². The first-order valence-electron chi connectivity index (χ1n) is 2.96. The highest BCUT2D eigenvalue weighted by Crippen LogP contribution is 2.06. The van der Waals surface area contributed by atoms with Gasteiger partial charge in [0, 0.05) is 6.04 Å². The van der Waals surface area contributed by atoms with Crippen molar-refractivity contribution in [2.45, 2.75) is 25.3 Å². The molecular weight excluding hydrogens is 86.1 g/mol. The van der Waals surface area contributed by atoms with E-state index in [4.69, 9.17) is 0 Å². The molecule has 1 aliphatic rings. The standard InChI is InChI=1S/C6H12N/c1-2-6-4-3-5-7-6/h6-7H,1-5H2/q+1. The van der Waals surface area contributed by atoms with Gasteiger partial charge in [-0.3, -0.25) is 0 Å². The Balaban J connectivity index is 2.14. The molecule has 0 saturated carbocycles. The van der Waals surface area contributed by atoms with Gasteiger partial charge < -0.3 is 5.32 Å². The van der Waals surface area contributed by atoms with Gasteiger partial charge in [-0.25, -0.2) is 0 Å². The first kappa shape index (κ1) is 4.98. The maximum atomic E-state index is 3.81. The Morgan fingerprint density at radius 1 is 1.71 bits per heavy atom. The van der Waals surface area contributed by atoms with Crippen LogP contribution >= 0.6 is 0 Å². The van der Waals surface area contributed by atoms with Crippen LogP contribution in [0.25, 0.3) is 0 Å². The normalized spacial score (nSPS) is 31.1. The van der Waals surface area contributed by atoms with Crippen LogP contribution in [0.1, 0.15) is 19.3 Å². The van der Waals surface area contributed by atoms with Crippen molar-refractivity contribution in [1.82, 2.24) is 5.32 Å². The van der Waals surface area contributed by atoms with Gasteiger partial charge >= 0.3 is 0 Å². The largest absolute Gasteiger partial charge is 0.310 e. The Bertz CT molecular complexity index is 46.1. The van der Waals surface area contributed by atoms with Gasteiger partial charge in [-0.2, -0.15) is 0 Å². The molecule has 0 bridgehead atoms. The van der Waals surface area contributed by atoms with Crippen LogP contribution in [0, 0.1) is 6.92 Å². The average molecular weight is 98.2 g/mol. The first-order valence-corrected chi connectivity index (χ1v) is 2.96. The van der Waals surface area contributed by atoms with Crippen molar-refractivity contribution in [2.24, 2.45) is 0 Å². The minimum atomic E-state index is 0.736. The minimum Gasteiger partial charge on any atom is -0.310 e. The van der Waals surface area contributed by atoms with E-state index in [1.807, 2.05) is 0 Å². The van der Waals surface area contributed by atoms with Gasteiger partial charge in [0.05, 0.1) is 6.92 Å². The number of nitrogens with one attached hydrogen (secondary N) is 1. The van der Waals surface area contributed by atoms with Crippen LogP contribution in [-0.2, 0) is 0 Å². The molecule has 0 aromatic carbocycles. The van der Waals surface area contributed by atoms with Gasteiger partial charge in [0.1, 0.15) is 6.42 Å². The van der Waals surface area contributed by atoms with Gasteiger partial charge in [-0.1, -0.05) is 0 Å². The summed E-state index contributed by atoms with van der Waals surface area (Å²) in [4.78, 5) is 0. The highest BCUT2D eigenvalue weighted by atomic mass is 14.9. The predicted octanol–water partition coefficient (Wildman–Crippen LogP) is 0.963. The average Bonchev–Trinajstić information content (AvgIpc) is 2.14. The van der Waals surface area contributed by atoms with Crippen LogP contribution < -0.4 is 5.32 Å². The van der Waals surface area contributed by atoms with Crippen molar-refractivity contribution in [3.05, 3.63) is 6.92 Å². The molecule has 1 N–H and O–H groups in total. The third-order valence-corrected chi connectivity index (χ3v) is 1.51. The lowest BCUT2D eigenvalue weighted by Gasteiger charge is -1.97. The molecule has 1 atom stereocenters. The topological polar surface area (TPSA) is 12.0 Å². The smallest absolute Gasteiger partial charge is 0.100 e. The van der Waals surface area contributed by atoms with E-state index in [0.717, 1.165) is 12.5 Å². The van der Waals surface area contributed by atoms with E-state index >= 15 is 0 Å². The number of hydrogen-bond acceptors (Lipinski definition) is 1. The van der Waals surface area contributed by atoms with Gasteiger partial charge in [0.25, 0.3) is 0 Å². The van der Waals surface area contributed by atoms with Crippen LogP contribution in [0.3, 0.4) is 0 Å². The molecule has 0 aromatic heterocycles. The van der Waals surface area contributed by atoms with Crippen molar-refractivity contribution in [3.63, 3.8) is 0 Å². The summed E-state index contributed by atoms with van der Waals surface area (Å²) >= 11 is 0. The summed E-state index contributed by atoms with van der Waals surface area (Å²) in [6, 6.07) is 0.736. The molecule has 0 aliphatic carbocycles. The van der Waals surface area contributed by atoms with Crippen molar-refractivity contribution in [3.8, 4) is 0 Å².